The van der Waals surface area contributed by atoms with E-state index in [1.165, 1.54) is 4.90 Å². The Kier molecular flexibility index (Phi) is 6.82. The zero-order valence-corrected chi connectivity index (χ0v) is 16.9. The molecule has 1 amide bonds. The van der Waals surface area contributed by atoms with Gasteiger partial charge in [0.25, 0.3) is 0 Å². The molecule has 1 aliphatic heterocycles. The molecule has 1 aromatic rings. The number of benzene rings is 1. The molecule has 1 N–H and O–H groups in total. The number of amides is 1. The van der Waals surface area contributed by atoms with Gasteiger partial charge in [-0.25, -0.2) is 0 Å². The number of thioether (sulfide) groups is 1. The number of carbonyl (C=O) groups excluding carboxylic acids is 1. The highest BCUT2D eigenvalue weighted by molar-refractivity contribution is 8.01. The number of nitrogens with zero attached hydrogens (tertiary/aromatic N) is 2. The Morgan fingerprint density at radius 3 is 2.52 bits per heavy atom. The van der Waals surface area contributed by atoms with Crippen molar-refractivity contribution in [3.05, 3.63) is 30.3 Å². The van der Waals surface area contributed by atoms with Gasteiger partial charge in [-0.15, -0.1) is 11.8 Å². The Morgan fingerprint density at radius 1 is 1.15 bits per heavy atom. The lowest BCUT2D eigenvalue weighted by Gasteiger charge is -2.34. The Bertz CT molecular complexity index is 646. The number of aliphatic carboxylic acids is 1. The monoisotopic (exact) mass is 390 g/mol. The number of carbonyl (C=O) groups is 2. The van der Waals surface area contributed by atoms with Gasteiger partial charge in [0.05, 0.1) is 11.3 Å². The lowest BCUT2D eigenvalue weighted by molar-refractivity contribution is -0.138. The highest BCUT2D eigenvalue weighted by atomic mass is 32.2. The van der Waals surface area contributed by atoms with Crippen molar-refractivity contribution in [2.75, 3.05) is 26.7 Å². The SMILES string of the molecule is CN(CC(=O)O)C1CCCN(C(=O)C2(Sc3ccccc3)CCCC2)CC1. The van der Waals surface area contributed by atoms with Crippen molar-refractivity contribution in [1.29, 1.82) is 0 Å². The fraction of sp³-hybridized carbons (Fsp3) is 0.619. The maximum absolute atomic E-state index is 13.5. The van der Waals surface area contributed by atoms with Crippen LogP contribution in [0.3, 0.4) is 0 Å². The fourth-order valence-electron chi connectivity index (χ4n) is 4.37. The molecule has 1 heterocycles. The summed E-state index contributed by atoms with van der Waals surface area (Å²) >= 11 is 1.74. The van der Waals surface area contributed by atoms with Gasteiger partial charge in [-0.2, -0.15) is 0 Å². The van der Waals surface area contributed by atoms with Gasteiger partial charge in [0, 0.05) is 24.0 Å². The molecule has 2 fully saturated rings. The van der Waals surface area contributed by atoms with E-state index < -0.39 is 5.97 Å². The maximum Gasteiger partial charge on any atom is 0.317 e. The molecule has 1 aromatic carbocycles. The van der Waals surface area contributed by atoms with Gasteiger partial charge >= 0.3 is 5.97 Å². The second kappa shape index (κ2) is 9.11. The number of rotatable bonds is 6. The van der Waals surface area contributed by atoms with Crippen molar-refractivity contribution in [3.63, 3.8) is 0 Å². The van der Waals surface area contributed by atoms with Crippen molar-refractivity contribution in [2.45, 2.75) is 60.6 Å². The van der Waals surface area contributed by atoms with E-state index in [0.717, 1.165) is 58.0 Å². The summed E-state index contributed by atoms with van der Waals surface area (Å²) in [7, 11) is 1.87. The minimum absolute atomic E-state index is 0.0619. The molecule has 3 rings (SSSR count). The van der Waals surface area contributed by atoms with Crippen molar-refractivity contribution >= 4 is 23.6 Å². The van der Waals surface area contributed by atoms with E-state index in [1.54, 1.807) is 11.8 Å². The zero-order chi connectivity index (χ0) is 19.3. The molecule has 1 aliphatic carbocycles. The van der Waals surface area contributed by atoms with Crippen molar-refractivity contribution < 1.29 is 14.7 Å². The quantitative estimate of drug-likeness (QED) is 0.806. The summed E-state index contributed by atoms with van der Waals surface area (Å²) in [6.45, 7) is 1.57. The van der Waals surface area contributed by atoms with Crippen LogP contribution in [-0.4, -0.2) is 64.3 Å². The van der Waals surface area contributed by atoms with E-state index in [1.807, 2.05) is 30.1 Å². The summed E-state index contributed by atoms with van der Waals surface area (Å²) in [6.07, 6.45) is 6.86. The van der Waals surface area contributed by atoms with Gasteiger partial charge in [-0.1, -0.05) is 31.0 Å². The molecule has 6 heteroatoms. The lowest BCUT2D eigenvalue weighted by Crippen LogP contribution is -2.46. The molecular formula is C21H30N2O3S. The van der Waals surface area contributed by atoms with Crippen LogP contribution in [-0.2, 0) is 9.59 Å². The summed E-state index contributed by atoms with van der Waals surface area (Å²) in [5.41, 5.74) is 0. The van der Waals surface area contributed by atoms with Gasteiger partial charge < -0.3 is 10.0 Å². The van der Waals surface area contributed by atoms with Gasteiger partial charge in [0.15, 0.2) is 0 Å². The molecule has 1 atom stereocenters. The zero-order valence-electron chi connectivity index (χ0n) is 16.1. The maximum atomic E-state index is 13.5. The number of hydrogen-bond acceptors (Lipinski definition) is 4. The minimum atomic E-state index is -0.793. The smallest absolute Gasteiger partial charge is 0.317 e. The number of likely N-dealkylation sites (tertiary alicyclic amines) is 1. The average molecular weight is 391 g/mol. The third-order valence-electron chi connectivity index (χ3n) is 5.85. The van der Waals surface area contributed by atoms with Crippen LogP contribution in [0.1, 0.15) is 44.9 Å². The van der Waals surface area contributed by atoms with Crippen LogP contribution in [0.25, 0.3) is 0 Å². The minimum Gasteiger partial charge on any atom is -0.480 e. The molecular weight excluding hydrogens is 360 g/mol. The largest absolute Gasteiger partial charge is 0.480 e. The van der Waals surface area contributed by atoms with Gasteiger partial charge in [-0.3, -0.25) is 14.5 Å². The van der Waals surface area contributed by atoms with Crippen molar-refractivity contribution in [2.24, 2.45) is 0 Å². The summed E-state index contributed by atoms with van der Waals surface area (Å²) in [5, 5.41) is 9.03. The molecule has 1 saturated carbocycles. The second-order valence-electron chi connectivity index (χ2n) is 7.80. The average Bonchev–Trinajstić information content (AvgIpc) is 2.98. The first-order valence-electron chi connectivity index (χ1n) is 9.96. The number of likely N-dealkylation sites (N-methyl/N-ethyl adjacent to an activating group) is 1. The highest BCUT2D eigenvalue weighted by Gasteiger charge is 2.44. The summed E-state index contributed by atoms with van der Waals surface area (Å²) in [6, 6.07) is 10.5. The topological polar surface area (TPSA) is 60.9 Å². The lowest BCUT2D eigenvalue weighted by atomic mass is 10.1. The van der Waals surface area contributed by atoms with Gasteiger partial charge in [0.2, 0.25) is 5.91 Å². The van der Waals surface area contributed by atoms with Crippen LogP contribution in [0.15, 0.2) is 35.2 Å². The van der Waals surface area contributed by atoms with Crippen molar-refractivity contribution in [3.8, 4) is 0 Å². The first kappa shape index (κ1) is 20.2. The normalized spacial score (nSPS) is 22.6. The Morgan fingerprint density at radius 2 is 1.85 bits per heavy atom. The van der Waals surface area contributed by atoms with Crippen LogP contribution in [0.4, 0.5) is 0 Å². The second-order valence-corrected chi connectivity index (χ2v) is 9.26. The summed E-state index contributed by atoms with van der Waals surface area (Å²) < 4.78 is -0.325. The molecule has 5 nitrogen and oxygen atoms in total. The van der Waals surface area contributed by atoms with Crippen LogP contribution >= 0.6 is 11.8 Å². The predicted molar refractivity (Wildman–Crippen MR) is 108 cm³/mol. The third kappa shape index (κ3) is 5.05. The predicted octanol–water partition coefficient (Wildman–Crippen LogP) is 3.49. The van der Waals surface area contributed by atoms with E-state index in [2.05, 4.69) is 17.0 Å². The molecule has 148 valence electrons. The molecule has 1 saturated heterocycles. The van der Waals surface area contributed by atoms with E-state index in [-0.39, 0.29) is 23.2 Å². The molecule has 27 heavy (non-hydrogen) atoms. The Hall–Kier alpha value is -1.53. The van der Waals surface area contributed by atoms with Gasteiger partial charge in [0.1, 0.15) is 0 Å². The molecule has 0 bridgehead atoms. The van der Waals surface area contributed by atoms with Crippen molar-refractivity contribution in [1.82, 2.24) is 9.80 Å². The van der Waals surface area contributed by atoms with Crippen LogP contribution in [0, 0.1) is 0 Å². The molecule has 0 aromatic heterocycles. The molecule has 2 aliphatic rings. The number of carboxylic acids is 1. The van der Waals surface area contributed by atoms with Crippen LogP contribution < -0.4 is 0 Å². The first-order valence-corrected chi connectivity index (χ1v) is 10.8. The van der Waals surface area contributed by atoms with Crippen LogP contribution in [0.2, 0.25) is 0 Å². The first-order chi connectivity index (χ1) is 13.0. The summed E-state index contributed by atoms with van der Waals surface area (Å²) in [5.74, 6) is -0.505. The van der Waals surface area contributed by atoms with E-state index in [9.17, 15) is 9.59 Å². The number of hydrogen-bond donors (Lipinski definition) is 1. The van der Waals surface area contributed by atoms with E-state index >= 15 is 0 Å². The fourth-order valence-corrected chi connectivity index (χ4v) is 5.83. The standard InChI is InChI=1S/C21H30N2O3S/c1-22(16-19(24)25)17-8-7-14-23(15-11-17)20(26)21(12-5-6-13-21)27-18-9-3-2-4-10-18/h2-4,9-10,17H,5-8,11-16H2,1H3,(H,24,25). The third-order valence-corrected chi connectivity index (χ3v) is 7.33. The summed E-state index contributed by atoms with van der Waals surface area (Å²) in [4.78, 5) is 29.7. The molecule has 0 radical (unpaired) electrons. The Labute approximate surface area is 166 Å². The van der Waals surface area contributed by atoms with Crippen LogP contribution in [0.5, 0.6) is 0 Å². The van der Waals surface area contributed by atoms with Gasteiger partial charge in [-0.05, 0) is 51.3 Å². The van der Waals surface area contributed by atoms with E-state index in [4.69, 9.17) is 5.11 Å². The molecule has 1 unspecified atom stereocenters. The highest BCUT2D eigenvalue weighted by Crippen LogP contribution is 2.46. The van der Waals surface area contributed by atoms with E-state index in [0.29, 0.717) is 0 Å². The number of carboxylic acid groups (broad SMARTS) is 1. The molecule has 0 spiro atoms. The Balaban J connectivity index is 1.67.